The number of carbonyl (C=O) groups excluding carboxylic acids is 1. The Morgan fingerprint density at radius 2 is 0.561 bits per heavy atom. The Balaban J connectivity index is 3.12. The molecule has 0 aliphatic rings. The molecule has 0 fully saturated rings. The van der Waals surface area contributed by atoms with Crippen LogP contribution in [0.4, 0.5) is 0 Å². The molecule has 0 unspecified atom stereocenters. The lowest BCUT2D eigenvalue weighted by Gasteiger charge is -2.09. The fourth-order valence-corrected chi connectivity index (χ4v) is 5.16. The van der Waals surface area contributed by atoms with Crippen molar-refractivity contribution in [1.29, 1.82) is 0 Å². The first kappa shape index (κ1) is 55.7. The third-order valence-corrected chi connectivity index (χ3v) is 8.30. The maximum absolute atomic E-state index is 11.9. The second-order valence-corrected chi connectivity index (χ2v) is 13.3. The largest absolute Gasteiger partial charge is 0.463 e. The molecule has 0 atom stereocenters. The number of hydrogen-bond acceptors (Lipinski definition) is 14. The third kappa shape index (κ3) is 52.7. The van der Waals surface area contributed by atoms with Crippen LogP contribution in [0.2, 0.25) is 0 Å². The van der Waals surface area contributed by atoms with E-state index in [0.29, 0.717) is 165 Å². The van der Waals surface area contributed by atoms with Crippen LogP contribution in [0, 0.1) is 0 Å². The van der Waals surface area contributed by atoms with Crippen LogP contribution >= 0.6 is 0 Å². The quantitative estimate of drug-likeness (QED) is 0.0380. The molecule has 0 spiro atoms. The lowest BCUT2D eigenvalue weighted by Crippen LogP contribution is -2.15. The van der Waals surface area contributed by atoms with Gasteiger partial charge in [-0.3, -0.25) is 4.79 Å². The molecule has 57 heavy (non-hydrogen) atoms. The molecule has 0 aliphatic heterocycles. The summed E-state index contributed by atoms with van der Waals surface area (Å²) in [6.45, 7) is 18.2. The first-order chi connectivity index (χ1) is 28.3. The van der Waals surface area contributed by atoms with Gasteiger partial charge in [-0.15, -0.1) is 6.58 Å². The monoisotopic (exact) mass is 825 g/mol. The van der Waals surface area contributed by atoms with Crippen LogP contribution in [0.3, 0.4) is 0 Å². The van der Waals surface area contributed by atoms with Gasteiger partial charge in [0.1, 0.15) is 6.61 Å². The SMILES string of the molecule is C=CCOCCOCCOCCOCCOCCOCCOCCOCCOCCOCCOCCOCCOC(=O)CCCCCCCCCCCCCCC. The van der Waals surface area contributed by atoms with Gasteiger partial charge in [-0.05, 0) is 6.42 Å². The molecule has 0 amide bonds. The number of carbonyl (C=O) groups is 1. The highest BCUT2D eigenvalue weighted by molar-refractivity contribution is 5.69. The van der Waals surface area contributed by atoms with Crippen LogP contribution in [-0.4, -0.2) is 171 Å². The normalized spacial score (nSPS) is 11.5. The summed E-state index contributed by atoms with van der Waals surface area (Å²) >= 11 is 0. The van der Waals surface area contributed by atoms with Crippen molar-refractivity contribution in [3.05, 3.63) is 12.7 Å². The van der Waals surface area contributed by atoms with Crippen LogP contribution in [0.25, 0.3) is 0 Å². The molecule has 0 radical (unpaired) electrons. The van der Waals surface area contributed by atoms with Gasteiger partial charge in [0.2, 0.25) is 0 Å². The van der Waals surface area contributed by atoms with Gasteiger partial charge < -0.3 is 61.6 Å². The van der Waals surface area contributed by atoms with Crippen LogP contribution in [0.15, 0.2) is 12.7 Å². The molecule has 0 aromatic carbocycles. The molecule has 0 aromatic heterocycles. The molecule has 0 rings (SSSR count). The molecular weight excluding hydrogens is 740 g/mol. The average molecular weight is 825 g/mol. The Bertz CT molecular complexity index is 763. The van der Waals surface area contributed by atoms with Gasteiger partial charge in [-0.1, -0.05) is 90.0 Å². The predicted octanol–water partition coefficient (Wildman–Crippen LogP) is 6.40. The Hall–Kier alpha value is -1.27. The molecule has 340 valence electrons. The van der Waals surface area contributed by atoms with Gasteiger partial charge in [0.05, 0.1) is 159 Å². The van der Waals surface area contributed by atoms with Crippen molar-refractivity contribution >= 4 is 5.97 Å². The third-order valence-electron chi connectivity index (χ3n) is 8.30. The molecule has 0 saturated carbocycles. The van der Waals surface area contributed by atoms with Crippen molar-refractivity contribution in [2.45, 2.75) is 96.8 Å². The van der Waals surface area contributed by atoms with Crippen LogP contribution < -0.4 is 0 Å². The van der Waals surface area contributed by atoms with E-state index in [1.54, 1.807) is 6.08 Å². The zero-order valence-electron chi connectivity index (χ0n) is 36.1. The fourth-order valence-electron chi connectivity index (χ4n) is 5.16. The number of rotatable bonds is 52. The van der Waals surface area contributed by atoms with Crippen LogP contribution in [-0.2, 0) is 66.4 Å². The van der Waals surface area contributed by atoms with E-state index in [2.05, 4.69) is 13.5 Å². The second-order valence-electron chi connectivity index (χ2n) is 13.3. The summed E-state index contributed by atoms with van der Waals surface area (Å²) in [7, 11) is 0. The predicted molar refractivity (Wildman–Crippen MR) is 221 cm³/mol. The Morgan fingerprint density at radius 3 is 0.825 bits per heavy atom. The lowest BCUT2D eigenvalue weighted by atomic mass is 10.0. The summed E-state index contributed by atoms with van der Waals surface area (Å²) < 4.78 is 70.7. The standard InChI is InChI=1S/C43H84O14/c1-3-5-6-7-8-9-10-11-12-13-14-15-16-17-43(44)57-42-41-56-40-39-55-38-37-54-36-35-53-34-33-52-32-31-51-30-29-50-28-27-49-26-25-48-24-23-47-22-21-46-20-19-45-18-4-2/h4H,2-3,5-42H2,1H3. The molecule has 0 aliphatic carbocycles. The van der Waals surface area contributed by atoms with Crippen molar-refractivity contribution in [2.24, 2.45) is 0 Å². The Kier molecular flexibility index (Phi) is 51.6. The van der Waals surface area contributed by atoms with Crippen molar-refractivity contribution in [3.8, 4) is 0 Å². The van der Waals surface area contributed by atoms with Gasteiger partial charge in [0, 0.05) is 6.42 Å². The summed E-state index contributed by atoms with van der Waals surface area (Å²) in [4.78, 5) is 11.9. The fraction of sp³-hybridized carbons (Fsp3) is 0.930. The van der Waals surface area contributed by atoms with Gasteiger partial charge in [0.25, 0.3) is 0 Å². The molecule has 0 bridgehead atoms. The molecule has 0 saturated heterocycles. The van der Waals surface area contributed by atoms with E-state index in [-0.39, 0.29) is 12.6 Å². The van der Waals surface area contributed by atoms with E-state index in [1.165, 1.54) is 70.6 Å². The first-order valence-electron chi connectivity index (χ1n) is 22.0. The van der Waals surface area contributed by atoms with Gasteiger partial charge in [-0.25, -0.2) is 0 Å². The second kappa shape index (κ2) is 52.7. The number of hydrogen-bond donors (Lipinski definition) is 0. The Labute approximate surface area is 346 Å². The van der Waals surface area contributed by atoms with Crippen LogP contribution in [0.1, 0.15) is 96.8 Å². The topological polar surface area (TPSA) is 137 Å². The number of unbranched alkanes of at least 4 members (excludes halogenated alkanes) is 12. The molecule has 0 N–H and O–H groups in total. The van der Waals surface area contributed by atoms with Crippen LogP contribution in [0.5, 0.6) is 0 Å². The molecule has 0 aromatic rings. The highest BCUT2D eigenvalue weighted by Crippen LogP contribution is 2.13. The maximum atomic E-state index is 11.9. The summed E-state index contributed by atoms with van der Waals surface area (Å²) in [5, 5.41) is 0. The smallest absolute Gasteiger partial charge is 0.305 e. The highest BCUT2D eigenvalue weighted by Gasteiger charge is 2.03. The van der Waals surface area contributed by atoms with Gasteiger partial charge in [-0.2, -0.15) is 0 Å². The minimum Gasteiger partial charge on any atom is -0.463 e. The van der Waals surface area contributed by atoms with Crippen molar-refractivity contribution in [2.75, 3.05) is 165 Å². The summed E-state index contributed by atoms with van der Waals surface area (Å²) in [5.41, 5.74) is 0. The summed E-state index contributed by atoms with van der Waals surface area (Å²) in [5.74, 6) is -0.133. The van der Waals surface area contributed by atoms with E-state index in [0.717, 1.165) is 12.8 Å². The minimum atomic E-state index is -0.133. The maximum Gasteiger partial charge on any atom is 0.305 e. The highest BCUT2D eigenvalue weighted by atomic mass is 16.6. The molecule has 14 heteroatoms. The zero-order valence-corrected chi connectivity index (χ0v) is 36.1. The molecule has 0 heterocycles. The molecule has 14 nitrogen and oxygen atoms in total. The summed E-state index contributed by atoms with van der Waals surface area (Å²) in [6.07, 6.45) is 19.0. The van der Waals surface area contributed by atoms with Gasteiger partial charge in [0.15, 0.2) is 0 Å². The van der Waals surface area contributed by atoms with Crippen molar-refractivity contribution < 1.29 is 66.4 Å². The van der Waals surface area contributed by atoms with E-state index < -0.39 is 0 Å². The van der Waals surface area contributed by atoms with Gasteiger partial charge >= 0.3 is 5.97 Å². The lowest BCUT2D eigenvalue weighted by molar-refractivity contribution is -0.145. The van der Waals surface area contributed by atoms with E-state index >= 15 is 0 Å². The van der Waals surface area contributed by atoms with Crippen molar-refractivity contribution in [1.82, 2.24) is 0 Å². The first-order valence-corrected chi connectivity index (χ1v) is 22.0. The number of esters is 1. The Morgan fingerprint density at radius 1 is 0.333 bits per heavy atom. The molecular formula is C43H84O14. The van der Waals surface area contributed by atoms with E-state index in [9.17, 15) is 4.79 Å². The number of ether oxygens (including phenoxy) is 13. The zero-order chi connectivity index (χ0) is 41.1. The summed E-state index contributed by atoms with van der Waals surface area (Å²) in [6, 6.07) is 0. The van der Waals surface area contributed by atoms with E-state index in [4.69, 9.17) is 61.6 Å². The van der Waals surface area contributed by atoms with E-state index in [1.807, 2.05) is 0 Å². The minimum absolute atomic E-state index is 0.133. The average Bonchev–Trinajstić information content (AvgIpc) is 3.22. The van der Waals surface area contributed by atoms with Crippen molar-refractivity contribution in [3.63, 3.8) is 0 Å².